The Morgan fingerprint density at radius 2 is 2.17 bits per heavy atom. The van der Waals surface area contributed by atoms with E-state index >= 15 is 0 Å². The van der Waals surface area contributed by atoms with Gasteiger partial charge in [-0.25, -0.2) is 0 Å². The van der Waals surface area contributed by atoms with Crippen LogP contribution in [-0.4, -0.2) is 22.3 Å². The van der Waals surface area contributed by atoms with Crippen molar-refractivity contribution in [2.24, 2.45) is 0 Å². The number of carbonyl (C=O) groups excluding carboxylic acids is 1. The Morgan fingerprint density at radius 1 is 1.35 bits per heavy atom. The summed E-state index contributed by atoms with van der Waals surface area (Å²) in [7, 11) is 1.64. The summed E-state index contributed by atoms with van der Waals surface area (Å²) >= 11 is 6.63. The van der Waals surface area contributed by atoms with Crippen molar-refractivity contribution in [2.45, 2.75) is 6.92 Å². The zero-order valence-corrected chi connectivity index (χ0v) is 14.3. The summed E-state index contributed by atoms with van der Waals surface area (Å²) in [5, 5.41) is 0. The van der Waals surface area contributed by atoms with Gasteiger partial charge in [0.15, 0.2) is 4.32 Å². The molecule has 1 saturated heterocycles. The summed E-state index contributed by atoms with van der Waals surface area (Å²) in [5.41, 5.74) is 2.64. The maximum Gasteiger partial charge on any atom is 0.270 e. The van der Waals surface area contributed by atoms with E-state index in [9.17, 15) is 4.79 Å². The lowest BCUT2D eigenvalue weighted by Crippen LogP contribution is -2.27. The summed E-state index contributed by atoms with van der Waals surface area (Å²) in [6.07, 6.45) is 5.14. The molecule has 6 heteroatoms. The minimum Gasteiger partial charge on any atom is -0.496 e. The molecule has 23 heavy (non-hydrogen) atoms. The molecule has 1 fully saturated rings. The Hall–Kier alpha value is -2.18. The molecule has 2 heterocycles. The van der Waals surface area contributed by atoms with Crippen LogP contribution >= 0.6 is 24.0 Å². The van der Waals surface area contributed by atoms with Crippen LogP contribution in [0.25, 0.3) is 6.08 Å². The highest BCUT2D eigenvalue weighted by molar-refractivity contribution is 8.27. The van der Waals surface area contributed by atoms with E-state index in [2.05, 4.69) is 4.98 Å². The lowest BCUT2D eigenvalue weighted by Gasteiger charge is -2.13. The number of hydrogen-bond acceptors (Lipinski definition) is 5. The van der Waals surface area contributed by atoms with Gasteiger partial charge in [-0.2, -0.15) is 0 Å². The second-order valence-electron chi connectivity index (χ2n) is 4.96. The van der Waals surface area contributed by atoms with Gasteiger partial charge in [-0.15, -0.1) is 0 Å². The minimum atomic E-state index is -0.124. The quantitative estimate of drug-likeness (QED) is 0.627. The van der Waals surface area contributed by atoms with Crippen molar-refractivity contribution < 1.29 is 9.53 Å². The number of rotatable bonds is 3. The first-order chi connectivity index (χ1) is 11.1. The molecule has 1 aromatic heterocycles. The van der Waals surface area contributed by atoms with Gasteiger partial charge in [0.1, 0.15) is 5.75 Å². The zero-order chi connectivity index (χ0) is 16.4. The topological polar surface area (TPSA) is 42.4 Å². The first-order valence-corrected chi connectivity index (χ1v) is 8.15. The molecule has 1 amide bonds. The second kappa shape index (κ2) is 6.52. The predicted molar refractivity (Wildman–Crippen MR) is 97.6 cm³/mol. The van der Waals surface area contributed by atoms with Gasteiger partial charge in [0.25, 0.3) is 5.91 Å². The third-order valence-corrected chi connectivity index (χ3v) is 4.72. The van der Waals surface area contributed by atoms with Gasteiger partial charge >= 0.3 is 0 Å². The average molecular weight is 342 g/mol. The fourth-order valence-electron chi connectivity index (χ4n) is 2.32. The highest BCUT2D eigenvalue weighted by Crippen LogP contribution is 2.36. The molecule has 1 aliphatic rings. The van der Waals surface area contributed by atoms with Gasteiger partial charge in [0.2, 0.25) is 0 Å². The average Bonchev–Trinajstić information content (AvgIpc) is 2.82. The Balaban J connectivity index is 1.91. The summed E-state index contributed by atoms with van der Waals surface area (Å²) < 4.78 is 5.77. The standard InChI is InChI=1S/C17H14N2O2S2/c1-11-8-12(5-6-14(11)21-2)9-15-16(20)19(17(22)23-15)13-4-3-7-18-10-13/h3-10H,1-2H3/b15-9-. The van der Waals surface area contributed by atoms with Gasteiger partial charge in [0, 0.05) is 6.20 Å². The third-order valence-electron chi connectivity index (χ3n) is 3.41. The Morgan fingerprint density at radius 3 is 2.83 bits per heavy atom. The Labute approximate surface area is 144 Å². The monoisotopic (exact) mass is 342 g/mol. The van der Waals surface area contributed by atoms with Gasteiger partial charge in [0.05, 0.1) is 23.9 Å². The van der Waals surface area contributed by atoms with E-state index < -0.39 is 0 Å². The molecule has 3 rings (SSSR count). The number of methoxy groups -OCH3 is 1. The van der Waals surface area contributed by atoms with Gasteiger partial charge in [-0.3, -0.25) is 14.7 Å². The number of aryl methyl sites for hydroxylation is 1. The molecule has 0 bridgehead atoms. The van der Waals surface area contributed by atoms with Crippen molar-refractivity contribution in [1.29, 1.82) is 0 Å². The number of thiocarbonyl (C=S) groups is 1. The fourth-order valence-corrected chi connectivity index (χ4v) is 3.62. The Kier molecular flexibility index (Phi) is 4.45. The number of ether oxygens (including phenoxy) is 1. The molecular formula is C17H14N2O2S2. The highest BCUT2D eigenvalue weighted by Gasteiger charge is 2.33. The van der Waals surface area contributed by atoms with Crippen LogP contribution in [-0.2, 0) is 4.79 Å². The first kappa shape index (κ1) is 15.7. The van der Waals surface area contributed by atoms with Crippen molar-refractivity contribution in [3.63, 3.8) is 0 Å². The predicted octanol–water partition coefficient (Wildman–Crippen LogP) is 3.80. The van der Waals surface area contributed by atoms with Crippen LogP contribution < -0.4 is 9.64 Å². The molecule has 0 radical (unpaired) electrons. The number of anilines is 1. The molecule has 0 saturated carbocycles. The van der Waals surface area contributed by atoms with E-state index in [-0.39, 0.29) is 5.91 Å². The Bertz CT molecular complexity index is 803. The largest absolute Gasteiger partial charge is 0.496 e. The number of pyridine rings is 1. The number of hydrogen-bond donors (Lipinski definition) is 0. The third kappa shape index (κ3) is 3.13. The molecule has 116 valence electrons. The molecule has 0 spiro atoms. The highest BCUT2D eigenvalue weighted by atomic mass is 32.2. The zero-order valence-electron chi connectivity index (χ0n) is 12.6. The van der Waals surface area contributed by atoms with Crippen molar-refractivity contribution in [3.05, 3.63) is 58.8 Å². The van der Waals surface area contributed by atoms with Crippen LogP contribution in [0, 0.1) is 6.92 Å². The van der Waals surface area contributed by atoms with Crippen molar-refractivity contribution in [3.8, 4) is 5.75 Å². The van der Waals surface area contributed by atoms with E-state index in [1.807, 2.05) is 37.3 Å². The van der Waals surface area contributed by atoms with Crippen molar-refractivity contribution in [1.82, 2.24) is 4.98 Å². The summed E-state index contributed by atoms with van der Waals surface area (Å²) in [5.74, 6) is 0.700. The minimum absolute atomic E-state index is 0.124. The smallest absolute Gasteiger partial charge is 0.270 e. The van der Waals surface area contributed by atoms with E-state index in [1.54, 1.807) is 25.6 Å². The van der Waals surface area contributed by atoms with Crippen LogP contribution in [0.5, 0.6) is 5.75 Å². The van der Waals surface area contributed by atoms with Gasteiger partial charge < -0.3 is 4.74 Å². The number of nitrogens with zero attached hydrogens (tertiary/aromatic N) is 2. The summed E-state index contributed by atoms with van der Waals surface area (Å²) in [4.78, 5) is 18.8. The van der Waals surface area contributed by atoms with E-state index in [4.69, 9.17) is 17.0 Å². The first-order valence-electron chi connectivity index (χ1n) is 6.93. The molecule has 2 aromatic rings. The second-order valence-corrected chi connectivity index (χ2v) is 6.63. The van der Waals surface area contributed by atoms with Crippen LogP contribution in [0.2, 0.25) is 0 Å². The number of thioether (sulfide) groups is 1. The molecular weight excluding hydrogens is 328 g/mol. The van der Waals surface area contributed by atoms with E-state index in [1.165, 1.54) is 16.7 Å². The lowest BCUT2D eigenvalue weighted by atomic mass is 10.1. The van der Waals surface area contributed by atoms with Crippen LogP contribution in [0.1, 0.15) is 11.1 Å². The number of carbonyl (C=O) groups is 1. The number of amides is 1. The summed E-state index contributed by atoms with van der Waals surface area (Å²) in [6, 6.07) is 9.39. The molecule has 0 N–H and O–H groups in total. The molecule has 0 aliphatic carbocycles. The molecule has 4 nitrogen and oxygen atoms in total. The fraction of sp³-hybridized carbons (Fsp3) is 0.118. The van der Waals surface area contributed by atoms with E-state index in [0.29, 0.717) is 14.9 Å². The molecule has 0 atom stereocenters. The van der Waals surface area contributed by atoms with Crippen LogP contribution in [0.4, 0.5) is 5.69 Å². The molecule has 1 aliphatic heterocycles. The number of benzene rings is 1. The van der Waals surface area contributed by atoms with Gasteiger partial charge in [-0.1, -0.05) is 30.0 Å². The molecule has 0 unspecified atom stereocenters. The van der Waals surface area contributed by atoms with Crippen LogP contribution in [0.3, 0.4) is 0 Å². The van der Waals surface area contributed by atoms with Gasteiger partial charge in [-0.05, 0) is 48.4 Å². The normalized spacial score (nSPS) is 16.3. The van der Waals surface area contributed by atoms with E-state index in [0.717, 1.165) is 16.9 Å². The SMILES string of the molecule is COc1ccc(/C=C2\SC(=S)N(c3cccnc3)C2=O)cc1C. The maximum absolute atomic E-state index is 12.6. The lowest BCUT2D eigenvalue weighted by molar-refractivity contribution is -0.113. The maximum atomic E-state index is 12.6. The molecule has 1 aromatic carbocycles. The number of aromatic nitrogens is 1. The van der Waals surface area contributed by atoms with Crippen LogP contribution in [0.15, 0.2) is 47.6 Å². The van der Waals surface area contributed by atoms with Crippen molar-refractivity contribution >= 4 is 46.0 Å². The van der Waals surface area contributed by atoms with Crippen molar-refractivity contribution in [2.75, 3.05) is 12.0 Å². The summed E-state index contributed by atoms with van der Waals surface area (Å²) in [6.45, 7) is 1.97.